The Balaban J connectivity index is 2.23. The molecular weight excluding hydrogens is 280 g/mol. The molecule has 0 radical (unpaired) electrons. The smallest absolute Gasteiger partial charge is 0.328 e. The Hall–Kier alpha value is -2.19. The molecule has 1 heterocycles. The van der Waals surface area contributed by atoms with Crippen molar-refractivity contribution in [1.29, 1.82) is 5.26 Å². The average molecular weight is 291 g/mol. The predicted octanol–water partition coefficient (Wildman–Crippen LogP) is 2.35. The van der Waals surface area contributed by atoms with Crippen LogP contribution in [-0.2, 0) is 4.79 Å². The fourth-order valence-electron chi connectivity index (χ4n) is 2.08. The van der Waals surface area contributed by atoms with Gasteiger partial charge >= 0.3 is 5.97 Å². The number of carboxylic acid groups (broad SMARTS) is 1. The molecule has 20 heavy (non-hydrogen) atoms. The number of rotatable bonds is 4. The zero-order valence-electron chi connectivity index (χ0n) is 10.4. The molecule has 0 fully saturated rings. The normalized spacial score (nSPS) is 19.0. The molecule has 0 aliphatic carbocycles. The molecule has 0 bridgehead atoms. The van der Waals surface area contributed by atoms with Crippen molar-refractivity contribution < 1.29 is 14.7 Å². The van der Waals surface area contributed by atoms with Crippen LogP contribution in [0.5, 0.6) is 0 Å². The summed E-state index contributed by atoms with van der Waals surface area (Å²) in [6, 6.07) is 7.28. The summed E-state index contributed by atoms with van der Waals surface area (Å²) in [4.78, 5) is 27.1. The summed E-state index contributed by atoms with van der Waals surface area (Å²) in [5.74, 6) is -2.44. The maximum Gasteiger partial charge on any atom is 0.328 e. The van der Waals surface area contributed by atoms with Crippen LogP contribution in [0.25, 0.3) is 0 Å². The van der Waals surface area contributed by atoms with E-state index in [9.17, 15) is 14.9 Å². The first kappa shape index (κ1) is 14.2. The van der Waals surface area contributed by atoms with Gasteiger partial charge in [0.25, 0.3) is 0 Å². The first-order valence-corrected chi connectivity index (χ1v) is 6.39. The molecule has 1 N–H and O–H groups in total. The Kier molecular flexibility index (Phi) is 4.16. The van der Waals surface area contributed by atoms with Crippen molar-refractivity contribution in [3.63, 3.8) is 0 Å². The standard InChI is InChI=1S/C14H11ClN2O3/c15-9-3-1-8(2-4-9)13(18)10(7-16)11-5-6-12(17-11)14(19)20/h1-4,10,12H,5-6H2,(H,19,20). The number of hydrogen-bond acceptors (Lipinski definition) is 4. The fraction of sp³-hybridized carbons (Fsp3) is 0.286. The molecule has 1 aliphatic rings. The third-order valence-corrected chi connectivity index (χ3v) is 3.39. The van der Waals surface area contributed by atoms with E-state index in [1.54, 1.807) is 24.3 Å². The van der Waals surface area contributed by atoms with Crippen molar-refractivity contribution in [2.45, 2.75) is 18.9 Å². The molecule has 0 spiro atoms. The van der Waals surface area contributed by atoms with Crippen molar-refractivity contribution in [3.8, 4) is 6.07 Å². The number of benzene rings is 1. The van der Waals surface area contributed by atoms with Crippen LogP contribution in [0.4, 0.5) is 0 Å². The van der Waals surface area contributed by atoms with Gasteiger partial charge in [0.15, 0.2) is 5.78 Å². The monoisotopic (exact) mass is 290 g/mol. The molecule has 2 rings (SSSR count). The molecular formula is C14H11ClN2O3. The number of aliphatic imine (C=N–C) groups is 1. The van der Waals surface area contributed by atoms with Crippen LogP contribution < -0.4 is 0 Å². The summed E-state index contributed by atoms with van der Waals surface area (Å²) >= 11 is 5.75. The quantitative estimate of drug-likeness (QED) is 0.862. The number of carbonyl (C=O) groups excluding carboxylic acids is 1. The molecule has 102 valence electrons. The molecule has 1 aliphatic heterocycles. The number of aliphatic carboxylic acids is 1. The van der Waals surface area contributed by atoms with Crippen LogP contribution in [0.2, 0.25) is 5.02 Å². The van der Waals surface area contributed by atoms with E-state index >= 15 is 0 Å². The van der Waals surface area contributed by atoms with Crippen LogP contribution in [0, 0.1) is 17.2 Å². The van der Waals surface area contributed by atoms with Gasteiger partial charge in [-0.1, -0.05) is 11.6 Å². The first-order valence-electron chi connectivity index (χ1n) is 6.01. The SMILES string of the molecule is N#CC(C(=O)c1ccc(Cl)cc1)C1=NC(C(=O)O)CC1. The van der Waals surface area contributed by atoms with Gasteiger partial charge < -0.3 is 5.11 Å². The van der Waals surface area contributed by atoms with Crippen molar-refractivity contribution in [2.75, 3.05) is 0 Å². The fourth-order valence-corrected chi connectivity index (χ4v) is 2.20. The molecule has 0 amide bonds. The second kappa shape index (κ2) is 5.85. The van der Waals surface area contributed by atoms with Gasteiger partial charge in [-0.2, -0.15) is 5.26 Å². The van der Waals surface area contributed by atoms with Gasteiger partial charge in [-0.25, -0.2) is 4.79 Å². The number of halogens is 1. The highest BCUT2D eigenvalue weighted by atomic mass is 35.5. The Bertz CT molecular complexity index is 616. The number of hydrogen-bond donors (Lipinski definition) is 1. The van der Waals surface area contributed by atoms with Crippen LogP contribution in [0.15, 0.2) is 29.3 Å². The van der Waals surface area contributed by atoms with Crippen molar-refractivity contribution >= 4 is 29.1 Å². The second-order valence-electron chi connectivity index (χ2n) is 4.45. The number of nitriles is 1. The minimum Gasteiger partial charge on any atom is -0.480 e. The molecule has 5 nitrogen and oxygen atoms in total. The highest BCUT2D eigenvalue weighted by molar-refractivity contribution is 6.30. The van der Waals surface area contributed by atoms with Crippen LogP contribution in [0.1, 0.15) is 23.2 Å². The highest BCUT2D eigenvalue weighted by Gasteiger charge is 2.32. The lowest BCUT2D eigenvalue weighted by Gasteiger charge is -2.08. The first-order chi connectivity index (χ1) is 9.52. The van der Waals surface area contributed by atoms with Gasteiger partial charge in [0.05, 0.1) is 6.07 Å². The molecule has 0 aromatic heterocycles. The summed E-state index contributed by atoms with van der Waals surface area (Å²) < 4.78 is 0. The molecule has 6 heteroatoms. The third-order valence-electron chi connectivity index (χ3n) is 3.13. The Morgan fingerprint density at radius 2 is 2.05 bits per heavy atom. The number of nitrogens with zero attached hydrogens (tertiary/aromatic N) is 2. The maximum absolute atomic E-state index is 12.3. The molecule has 1 aromatic rings. The van der Waals surface area contributed by atoms with E-state index in [0.29, 0.717) is 29.1 Å². The largest absolute Gasteiger partial charge is 0.480 e. The van der Waals surface area contributed by atoms with Gasteiger partial charge in [0.2, 0.25) is 0 Å². The lowest BCUT2D eigenvalue weighted by Crippen LogP contribution is -2.21. The van der Waals surface area contributed by atoms with E-state index in [4.69, 9.17) is 16.7 Å². The second-order valence-corrected chi connectivity index (χ2v) is 4.88. The summed E-state index contributed by atoms with van der Waals surface area (Å²) in [7, 11) is 0. The van der Waals surface area contributed by atoms with Crippen LogP contribution in [0.3, 0.4) is 0 Å². The van der Waals surface area contributed by atoms with Gasteiger partial charge in [0, 0.05) is 16.3 Å². The van der Waals surface area contributed by atoms with Gasteiger partial charge in [0.1, 0.15) is 12.0 Å². The van der Waals surface area contributed by atoms with E-state index in [2.05, 4.69) is 4.99 Å². The number of Topliss-reactive ketones (excluding diaryl/α,β-unsaturated/α-hetero) is 1. The molecule has 2 unspecified atom stereocenters. The predicted molar refractivity (Wildman–Crippen MR) is 73.0 cm³/mol. The lowest BCUT2D eigenvalue weighted by molar-refractivity contribution is -0.138. The van der Waals surface area contributed by atoms with Crippen LogP contribution >= 0.6 is 11.6 Å². The van der Waals surface area contributed by atoms with Crippen molar-refractivity contribution in [3.05, 3.63) is 34.9 Å². The van der Waals surface area contributed by atoms with Crippen molar-refractivity contribution in [2.24, 2.45) is 10.9 Å². The topological polar surface area (TPSA) is 90.5 Å². The lowest BCUT2D eigenvalue weighted by atomic mass is 9.93. The van der Waals surface area contributed by atoms with Crippen LogP contribution in [-0.4, -0.2) is 28.6 Å². The maximum atomic E-state index is 12.3. The molecule has 1 aromatic carbocycles. The number of carboxylic acids is 1. The van der Waals surface area contributed by atoms with E-state index in [-0.39, 0.29) is 5.78 Å². The molecule has 0 saturated heterocycles. The van der Waals surface area contributed by atoms with E-state index in [0.717, 1.165) is 0 Å². The minimum atomic E-state index is -1.03. The summed E-state index contributed by atoms with van der Waals surface area (Å²) in [5, 5.41) is 18.6. The number of carbonyl (C=O) groups is 2. The molecule has 0 saturated carbocycles. The highest BCUT2D eigenvalue weighted by Crippen LogP contribution is 2.22. The van der Waals surface area contributed by atoms with Crippen molar-refractivity contribution in [1.82, 2.24) is 0 Å². The number of ketones is 1. The summed E-state index contributed by atoms with van der Waals surface area (Å²) in [6.45, 7) is 0. The van der Waals surface area contributed by atoms with Gasteiger partial charge in [-0.05, 0) is 37.1 Å². The zero-order chi connectivity index (χ0) is 14.7. The van der Waals surface area contributed by atoms with E-state index < -0.39 is 17.9 Å². The Morgan fingerprint density at radius 3 is 2.55 bits per heavy atom. The average Bonchev–Trinajstić information content (AvgIpc) is 2.90. The Morgan fingerprint density at radius 1 is 1.40 bits per heavy atom. The Labute approximate surface area is 120 Å². The summed E-state index contributed by atoms with van der Waals surface area (Å²) in [5.41, 5.74) is 0.710. The summed E-state index contributed by atoms with van der Waals surface area (Å²) in [6.07, 6.45) is 0.686. The van der Waals surface area contributed by atoms with E-state index in [1.807, 2.05) is 6.07 Å². The third kappa shape index (κ3) is 2.86. The van der Waals surface area contributed by atoms with E-state index in [1.165, 1.54) is 0 Å². The van der Waals surface area contributed by atoms with Gasteiger partial charge in [-0.15, -0.1) is 0 Å². The zero-order valence-corrected chi connectivity index (χ0v) is 11.2. The minimum absolute atomic E-state index is 0.330. The molecule has 2 atom stereocenters. The van der Waals surface area contributed by atoms with Gasteiger partial charge in [-0.3, -0.25) is 9.79 Å².